The van der Waals surface area contributed by atoms with Crippen molar-refractivity contribution >= 4 is 0 Å². The summed E-state index contributed by atoms with van der Waals surface area (Å²) in [5.41, 5.74) is 12.4. The number of nitrogens with zero attached hydrogens (tertiary/aromatic N) is 1. The zero-order valence-electron chi connectivity index (χ0n) is 13.0. The van der Waals surface area contributed by atoms with Gasteiger partial charge in [0.2, 0.25) is 0 Å². The topological polar surface area (TPSA) is 55.3 Å². The third kappa shape index (κ3) is 4.22. The second-order valence-corrected chi connectivity index (χ2v) is 7.42. The van der Waals surface area contributed by atoms with E-state index in [0.717, 1.165) is 19.3 Å². The first-order chi connectivity index (χ1) is 8.15. The lowest BCUT2D eigenvalue weighted by Crippen LogP contribution is -2.63. The van der Waals surface area contributed by atoms with Crippen LogP contribution in [0.15, 0.2) is 0 Å². The average Bonchev–Trinajstić information content (AvgIpc) is 2.11. The Bertz CT molecular complexity index is 240. The highest BCUT2D eigenvalue weighted by Gasteiger charge is 2.43. The summed E-state index contributed by atoms with van der Waals surface area (Å²) in [5, 5.41) is 0. The lowest BCUT2D eigenvalue weighted by atomic mass is 9.77. The molecule has 0 aliphatic carbocycles. The number of nitrogens with two attached hydrogens (primary N) is 2. The van der Waals surface area contributed by atoms with Crippen LogP contribution < -0.4 is 11.5 Å². The quantitative estimate of drug-likeness (QED) is 0.742. The molecule has 4 N–H and O–H groups in total. The maximum Gasteiger partial charge on any atom is 0.0173 e. The van der Waals surface area contributed by atoms with Crippen LogP contribution in [0.1, 0.15) is 66.7 Å². The van der Waals surface area contributed by atoms with E-state index < -0.39 is 0 Å². The minimum Gasteiger partial charge on any atom is -0.328 e. The summed E-state index contributed by atoms with van der Waals surface area (Å²) >= 11 is 0. The molecule has 1 atom stereocenters. The van der Waals surface area contributed by atoms with Crippen molar-refractivity contribution in [3.8, 4) is 0 Å². The standard InChI is InChI=1S/C15H33N3/c1-12(16)8-6-7-9-18-14(2,3)10-13(17)11-15(18,4)5/h12-13H,6-11,16-17H2,1-5H3. The summed E-state index contributed by atoms with van der Waals surface area (Å²) in [4.78, 5) is 2.66. The highest BCUT2D eigenvalue weighted by Crippen LogP contribution is 2.37. The van der Waals surface area contributed by atoms with Gasteiger partial charge in [0, 0.05) is 23.2 Å². The molecule has 18 heavy (non-hydrogen) atoms. The van der Waals surface area contributed by atoms with E-state index in [9.17, 15) is 0 Å². The molecule has 1 aliphatic rings. The summed E-state index contributed by atoms with van der Waals surface area (Å²) in [5.74, 6) is 0. The molecule has 1 unspecified atom stereocenters. The van der Waals surface area contributed by atoms with Crippen LogP contribution in [0.25, 0.3) is 0 Å². The lowest BCUT2D eigenvalue weighted by molar-refractivity contribution is -0.0355. The van der Waals surface area contributed by atoms with E-state index in [1.54, 1.807) is 0 Å². The molecule has 0 aromatic heterocycles. The smallest absolute Gasteiger partial charge is 0.0173 e. The number of rotatable bonds is 5. The van der Waals surface area contributed by atoms with E-state index in [-0.39, 0.29) is 11.1 Å². The van der Waals surface area contributed by atoms with Crippen molar-refractivity contribution in [1.82, 2.24) is 4.90 Å². The number of unbranched alkanes of at least 4 members (excludes halogenated alkanes) is 1. The summed E-state index contributed by atoms with van der Waals surface area (Å²) in [6.07, 6.45) is 5.80. The first-order valence-electron chi connectivity index (χ1n) is 7.44. The summed E-state index contributed by atoms with van der Waals surface area (Å²) in [7, 11) is 0. The fraction of sp³-hybridized carbons (Fsp3) is 1.00. The number of hydrogen-bond acceptors (Lipinski definition) is 3. The Morgan fingerprint density at radius 1 is 1.11 bits per heavy atom. The van der Waals surface area contributed by atoms with Crippen molar-refractivity contribution < 1.29 is 0 Å². The first-order valence-corrected chi connectivity index (χ1v) is 7.44. The summed E-state index contributed by atoms with van der Waals surface area (Å²) in [6, 6.07) is 0.677. The lowest BCUT2D eigenvalue weighted by Gasteiger charge is -2.55. The minimum atomic E-state index is 0.218. The molecule has 0 aromatic carbocycles. The van der Waals surface area contributed by atoms with Gasteiger partial charge in [0.25, 0.3) is 0 Å². The Labute approximate surface area is 113 Å². The second kappa shape index (κ2) is 5.89. The van der Waals surface area contributed by atoms with Crippen molar-refractivity contribution in [3.05, 3.63) is 0 Å². The van der Waals surface area contributed by atoms with Crippen molar-refractivity contribution in [2.45, 2.75) is 89.9 Å². The van der Waals surface area contributed by atoms with Crippen molar-refractivity contribution in [2.24, 2.45) is 11.5 Å². The fourth-order valence-electron chi connectivity index (χ4n) is 3.74. The molecule has 108 valence electrons. The molecule has 1 rings (SSSR count). The van der Waals surface area contributed by atoms with Gasteiger partial charge in [-0.25, -0.2) is 0 Å². The van der Waals surface area contributed by atoms with Gasteiger partial charge in [0.15, 0.2) is 0 Å². The van der Waals surface area contributed by atoms with Crippen LogP contribution in [0, 0.1) is 0 Å². The molecular formula is C15H33N3. The second-order valence-electron chi connectivity index (χ2n) is 7.42. The Morgan fingerprint density at radius 2 is 1.61 bits per heavy atom. The van der Waals surface area contributed by atoms with E-state index in [0.29, 0.717) is 12.1 Å². The van der Waals surface area contributed by atoms with Gasteiger partial charge in [-0.05, 0) is 66.8 Å². The van der Waals surface area contributed by atoms with Crippen LogP contribution in [0.4, 0.5) is 0 Å². The number of piperidine rings is 1. The van der Waals surface area contributed by atoms with E-state index in [1.807, 2.05) is 0 Å². The molecule has 0 aromatic rings. The Balaban J connectivity index is 2.54. The van der Waals surface area contributed by atoms with Gasteiger partial charge < -0.3 is 11.5 Å². The molecular weight excluding hydrogens is 222 g/mol. The third-order valence-corrected chi connectivity index (χ3v) is 4.28. The fourth-order valence-corrected chi connectivity index (χ4v) is 3.74. The van der Waals surface area contributed by atoms with Gasteiger partial charge in [-0.2, -0.15) is 0 Å². The van der Waals surface area contributed by atoms with Crippen LogP contribution in [-0.2, 0) is 0 Å². The molecule has 0 radical (unpaired) electrons. The summed E-state index contributed by atoms with van der Waals surface area (Å²) in [6.45, 7) is 12.6. The van der Waals surface area contributed by atoms with Gasteiger partial charge >= 0.3 is 0 Å². The Morgan fingerprint density at radius 3 is 2.06 bits per heavy atom. The Hall–Kier alpha value is -0.120. The van der Waals surface area contributed by atoms with E-state index in [4.69, 9.17) is 11.5 Å². The number of hydrogen-bond donors (Lipinski definition) is 2. The predicted octanol–water partition coefficient (Wildman–Crippen LogP) is 2.48. The van der Waals surface area contributed by atoms with Gasteiger partial charge in [-0.3, -0.25) is 4.90 Å². The van der Waals surface area contributed by atoms with Crippen LogP contribution >= 0.6 is 0 Å². The van der Waals surface area contributed by atoms with Crippen LogP contribution in [0.5, 0.6) is 0 Å². The number of likely N-dealkylation sites (tertiary alicyclic amines) is 1. The van der Waals surface area contributed by atoms with Gasteiger partial charge in [0.05, 0.1) is 0 Å². The molecule has 0 spiro atoms. The zero-order valence-corrected chi connectivity index (χ0v) is 13.0. The van der Waals surface area contributed by atoms with Gasteiger partial charge in [-0.1, -0.05) is 6.42 Å². The molecule has 1 fully saturated rings. The molecule has 1 aliphatic heterocycles. The molecule has 3 heteroatoms. The molecule has 1 saturated heterocycles. The molecule has 0 bridgehead atoms. The van der Waals surface area contributed by atoms with E-state index in [1.165, 1.54) is 19.4 Å². The minimum absolute atomic E-state index is 0.218. The first kappa shape index (κ1) is 15.9. The maximum absolute atomic E-state index is 6.20. The highest BCUT2D eigenvalue weighted by molar-refractivity contribution is 5.01. The van der Waals surface area contributed by atoms with Crippen LogP contribution in [0.2, 0.25) is 0 Å². The van der Waals surface area contributed by atoms with Crippen molar-refractivity contribution in [1.29, 1.82) is 0 Å². The molecule has 0 amide bonds. The van der Waals surface area contributed by atoms with Gasteiger partial charge in [0.1, 0.15) is 0 Å². The largest absolute Gasteiger partial charge is 0.328 e. The highest BCUT2D eigenvalue weighted by atomic mass is 15.3. The maximum atomic E-state index is 6.20. The zero-order chi connectivity index (χ0) is 14.0. The van der Waals surface area contributed by atoms with Crippen molar-refractivity contribution in [3.63, 3.8) is 0 Å². The van der Waals surface area contributed by atoms with Crippen LogP contribution in [0.3, 0.4) is 0 Å². The molecule has 1 heterocycles. The van der Waals surface area contributed by atoms with Gasteiger partial charge in [-0.15, -0.1) is 0 Å². The van der Waals surface area contributed by atoms with Crippen LogP contribution in [-0.4, -0.2) is 34.6 Å². The predicted molar refractivity (Wildman–Crippen MR) is 79.6 cm³/mol. The van der Waals surface area contributed by atoms with E-state index in [2.05, 4.69) is 39.5 Å². The molecule has 3 nitrogen and oxygen atoms in total. The third-order valence-electron chi connectivity index (χ3n) is 4.28. The molecule has 0 saturated carbocycles. The normalized spacial score (nSPS) is 26.2. The van der Waals surface area contributed by atoms with E-state index >= 15 is 0 Å². The monoisotopic (exact) mass is 255 g/mol. The Kier molecular flexibility index (Phi) is 5.22. The summed E-state index contributed by atoms with van der Waals surface area (Å²) < 4.78 is 0. The SMILES string of the molecule is CC(N)CCCCN1C(C)(C)CC(N)CC1(C)C. The average molecular weight is 255 g/mol. The van der Waals surface area contributed by atoms with Crippen molar-refractivity contribution in [2.75, 3.05) is 6.54 Å².